The number of ether oxygens (including phenoxy) is 1. The molecule has 1 aromatic heterocycles. The summed E-state index contributed by atoms with van der Waals surface area (Å²) in [6.07, 6.45) is 0.686. The number of aromatic nitrogens is 2. The number of halogens is 3. The number of benzene rings is 1. The second-order valence-corrected chi connectivity index (χ2v) is 10.6. The van der Waals surface area contributed by atoms with Gasteiger partial charge in [0.2, 0.25) is 10.0 Å². The van der Waals surface area contributed by atoms with E-state index in [2.05, 4.69) is 10.00 Å². The normalized spacial score (nSPS) is 20.3. The van der Waals surface area contributed by atoms with Gasteiger partial charge in [-0.15, -0.1) is 0 Å². The Bertz CT molecular complexity index is 1110. The number of likely N-dealkylation sites (tertiary alicyclic amines) is 1. The molecular weight excluding hydrogens is 477 g/mol. The number of nitrogens with zero attached hydrogens (tertiary/aromatic N) is 4. The SMILES string of the molecule is CN1CC2(CCN(Cc3cnn(C)c3)CC2)COc2ccccc2S1(=O)=O.O=C(O)C(F)(F)F. The van der Waals surface area contributed by atoms with E-state index in [4.69, 9.17) is 14.6 Å². The Morgan fingerprint density at radius 2 is 1.82 bits per heavy atom. The van der Waals surface area contributed by atoms with Crippen molar-refractivity contribution < 1.29 is 36.2 Å². The minimum absolute atomic E-state index is 0.152. The minimum atomic E-state index is -5.08. The summed E-state index contributed by atoms with van der Waals surface area (Å²) in [5.41, 5.74) is 1.05. The second kappa shape index (κ2) is 9.92. The third-order valence-electron chi connectivity index (χ3n) is 5.95. The lowest BCUT2D eigenvalue weighted by Gasteiger charge is -2.44. The van der Waals surface area contributed by atoms with Gasteiger partial charge >= 0.3 is 12.1 Å². The average Bonchev–Trinajstić information content (AvgIpc) is 3.18. The van der Waals surface area contributed by atoms with Gasteiger partial charge in [0.05, 0.1) is 12.8 Å². The van der Waals surface area contributed by atoms with Gasteiger partial charge < -0.3 is 9.84 Å². The molecule has 9 nitrogen and oxygen atoms in total. The van der Waals surface area contributed by atoms with Crippen LogP contribution < -0.4 is 4.74 Å². The molecule has 0 aliphatic carbocycles. The number of alkyl halides is 3. The molecule has 2 aromatic rings. The van der Waals surface area contributed by atoms with Gasteiger partial charge in [0.15, 0.2) is 0 Å². The highest BCUT2D eigenvalue weighted by Crippen LogP contribution is 2.38. The number of fused-ring (bicyclic) bond motifs is 1. The number of carboxylic acids is 1. The Kier molecular flexibility index (Phi) is 7.58. The molecule has 1 fully saturated rings. The van der Waals surface area contributed by atoms with Gasteiger partial charge in [-0.1, -0.05) is 12.1 Å². The number of hydrogen-bond donors (Lipinski definition) is 1. The van der Waals surface area contributed by atoms with Gasteiger partial charge in [-0.3, -0.25) is 9.58 Å². The first-order chi connectivity index (χ1) is 15.8. The number of rotatable bonds is 2. The average molecular weight is 505 g/mol. The largest absolute Gasteiger partial charge is 0.492 e. The van der Waals surface area contributed by atoms with Crippen molar-refractivity contribution in [1.82, 2.24) is 19.0 Å². The van der Waals surface area contributed by atoms with Gasteiger partial charge in [0, 0.05) is 44.4 Å². The van der Waals surface area contributed by atoms with Crippen LogP contribution in [-0.4, -0.2) is 77.9 Å². The zero-order valence-electron chi connectivity index (χ0n) is 18.8. The number of piperidine rings is 1. The number of carboxylic acid groups (broad SMARTS) is 1. The summed E-state index contributed by atoms with van der Waals surface area (Å²) >= 11 is 0. The smallest absolute Gasteiger partial charge is 0.490 e. The van der Waals surface area contributed by atoms with Crippen LogP contribution in [0.25, 0.3) is 0 Å². The first-order valence-corrected chi connectivity index (χ1v) is 11.9. The third-order valence-corrected chi connectivity index (χ3v) is 7.80. The summed E-state index contributed by atoms with van der Waals surface area (Å²) in [4.78, 5) is 11.6. The fraction of sp³-hybridized carbons (Fsp3) is 0.524. The molecule has 1 aromatic carbocycles. The summed E-state index contributed by atoms with van der Waals surface area (Å²) in [6.45, 7) is 3.76. The quantitative estimate of drug-likeness (QED) is 0.670. The molecule has 2 aliphatic rings. The zero-order valence-corrected chi connectivity index (χ0v) is 19.6. The van der Waals surface area contributed by atoms with E-state index in [0.717, 1.165) is 32.5 Å². The van der Waals surface area contributed by atoms with Gasteiger partial charge in [-0.2, -0.15) is 18.3 Å². The van der Waals surface area contributed by atoms with Crippen LogP contribution in [0.15, 0.2) is 41.6 Å². The Labute approximate surface area is 195 Å². The summed E-state index contributed by atoms with van der Waals surface area (Å²) in [5.74, 6) is -2.30. The first-order valence-electron chi connectivity index (χ1n) is 10.5. The van der Waals surface area contributed by atoms with Crippen molar-refractivity contribution in [3.05, 3.63) is 42.2 Å². The molecule has 188 valence electrons. The molecular formula is C21H27F3N4O5S. The van der Waals surface area contributed by atoms with Crippen molar-refractivity contribution in [2.75, 3.05) is 33.3 Å². The van der Waals surface area contributed by atoms with Crippen LogP contribution in [-0.2, 0) is 28.4 Å². The molecule has 13 heteroatoms. The first kappa shape index (κ1) is 26.0. The predicted molar refractivity (Wildman–Crippen MR) is 116 cm³/mol. The van der Waals surface area contributed by atoms with Crippen LogP contribution >= 0.6 is 0 Å². The monoisotopic (exact) mass is 504 g/mol. The van der Waals surface area contributed by atoms with E-state index in [1.807, 2.05) is 30.2 Å². The molecule has 0 saturated carbocycles. The number of hydrogen-bond acceptors (Lipinski definition) is 6. The third kappa shape index (κ3) is 6.07. The highest BCUT2D eigenvalue weighted by molar-refractivity contribution is 7.89. The molecule has 1 spiro atoms. The van der Waals surface area contributed by atoms with Crippen molar-refractivity contribution in [3.8, 4) is 5.75 Å². The minimum Gasteiger partial charge on any atom is -0.492 e. The molecule has 34 heavy (non-hydrogen) atoms. The lowest BCUT2D eigenvalue weighted by molar-refractivity contribution is -0.192. The predicted octanol–water partition coefficient (Wildman–Crippen LogP) is 2.35. The maximum Gasteiger partial charge on any atom is 0.490 e. The van der Waals surface area contributed by atoms with E-state index in [1.54, 1.807) is 25.2 Å². The number of carbonyl (C=O) groups is 1. The molecule has 4 rings (SSSR count). The second-order valence-electron chi connectivity index (χ2n) is 8.60. The van der Waals surface area contributed by atoms with Crippen LogP contribution in [0.4, 0.5) is 13.2 Å². The van der Waals surface area contributed by atoms with Gasteiger partial charge in [0.25, 0.3) is 0 Å². The van der Waals surface area contributed by atoms with Crippen LogP contribution in [0.2, 0.25) is 0 Å². The topological polar surface area (TPSA) is 105 Å². The Morgan fingerprint density at radius 3 is 2.38 bits per heavy atom. The van der Waals surface area contributed by atoms with E-state index in [1.165, 1.54) is 9.87 Å². The molecule has 0 amide bonds. The number of sulfonamides is 1. The van der Waals surface area contributed by atoms with E-state index >= 15 is 0 Å². The highest BCUT2D eigenvalue weighted by atomic mass is 32.2. The van der Waals surface area contributed by atoms with Crippen LogP contribution in [0.5, 0.6) is 5.75 Å². The van der Waals surface area contributed by atoms with Crippen molar-refractivity contribution in [2.45, 2.75) is 30.5 Å². The van der Waals surface area contributed by atoms with Crippen molar-refractivity contribution in [3.63, 3.8) is 0 Å². The molecule has 0 radical (unpaired) electrons. The van der Waals surface area contributed by atoms with Gasteiger partial charge in [-0.05, 0) is 38.1 Å². The maximum atomic E-state index is 12.9. The number of aryl methyl sites for hydroxylation is 1. The molecule has 0 atom stereocenters. The van der Waals surface area contributed by atoms with E-state index in [-0.39, 0.29) is 10.3 Å². The Balaban J connectivity index is 0.000000406. The van der Waals surface area contributed by atoms with Crippen molar-refractivity contribution >= 4 is 16.0 Å². The standard InChI is InChI=1S/C19H26N4O3S.C2HF3O2/c1-21-12-16(11-20-21)13-23-9-7-19(8-10-23)14-22(2)27(24,25)18-6-4-3-5-17(18)26-15-19;3-2(4,5)1(6)7/h3-6,11-12H,7-10,13-15H2,1-2H3;(H,6,7). The molecule has 3 heterocycles. The molecule has 1 saturated heterocycles. The van der Waals surface area contributed by atoms with E-state index in [0.29, 0.717) is 18.9 Å². The van der Waals surface area contributed by atoms with Gasteiger partial charge in [-0.25, -0.2) is 17.5 Å². The molecule has 2 aliphatic heterocycles. The molecule has 0 bridgehead atoms. The lowest BCUT2D eigenvalue weighted by atomic mass is 9.79. The highest BCUT2D eigenvalue weighted by Gasteiger charge is 2.41. The zero-order chi connectivity index (χ0) is 25.1. The molecule has 0 unspecified atom stereocenters. The summed E-state index contributed by atoms with van der Waals surface area (Å²) in [5, 5.41) is 11.4. The summed E-state index contributed by atoms with van der Waals surface area (Å²) < 4.78 is 67.0. The van der Waals surface area contributed by atoms with Gasteiger partial charge in [0.1, 0.15) is 10.6 Å². The number of aliphatic carboxylic acids is 1. The van der Waals surface area contributed by atoms with Crippen LogP contribution in [0, 0.1) is 5.41 Å². The van der Waals surface area contributed by atoms with Crippen LogP contribution in [0.1, 0.15) is 18.4 Å². The fourth-order valence-electron chi connectivity index (χ4n) is 4.08. The van der Waals surface area contributed by atoms with E-state index in [9.17, 15) is 21.6 Å². The van der Waals surface area contributed by atoms with Crippen molar-refractivity contribution in [1.29, 1.82) is 0 Å². The summed E-state index contributed by atoms with van der Waals surface area (Å²) in [6, 6.07) is 6.92. The summed E-state index contributed by atoms with van der Waals surface area (Å²) in [7, 11) is 0.0755. The maximum absolute atomic E-state index is 12.9. The Morgan fingerprint density at radius 1 is 1.21 bits per heavy atom. The van der Waals surface area contributed by atoms with Crippen molar-refractivity contribution in [2.24, 2.45) is 12.5 Å². The Hall–Kier alpha value is -2.64. The van der Waals surface area contributed by atoms with E-state index < -0.39 is 22.2 Å². The lowest BCUT2D eigenvalue weighted by Crippen LogP contribution is -2.50. The molecule has 1 N–H and O–H groups in total. The fourth-order valence-corrected chi connectivity index (χ4v) is 5.50. The van der Waals surface area contributed by atoms with Crippen LogP contribution in [0.3, 0.4) is 0 Å². The number of para-hydroxylation sites is 1.